The molecule has 2 N–H and O–H groups in total. The van der Waals surface area contributed by atoms with E-state index in [4.69, 9.17) is 9.47 Å². The summed E-state index contributed by atoms with van der Waals surface area (Å²) in [6, 6.07) is 7.76. The molecule has 2 rings (SSSR count). The number of aryl methyl sites for hydroxylation is 1. The van der Waals surface area contributed by atoms with Crippen molar-refractivity contribution < 1.29 is 23.9 Å². The molecule has 8 nitrogen and oxygen atoms in total. The van der Waals surface area contributed by atoms with Gasteiger partial charge in [0.2, 0.25) is 11.8 Å². The van der Waals surface area contributed by atoms with E-state index >= 15 is 0 Å². The van der Waals surface area contributed by atoms with Crippen LogP contribution in [0.4, 0.5) is 4.79 Å². The largest absolute Gasteiger partial charge is 0.497 e. The zero-order valence-electron chi connectivity index (χ0n) is 18.3. The first kappa shape index (κ1) is 23.5. The summed E-state index contributed by atoms with van der Waals surface area (Å²) in [6.45, 7) is 6.32. The fraction of sp³-hybridized carbons (Fsp3) is 0.591. The molecule has 3 amide bonds. The third-order valence-corrected chi connectivity index (χ3v) is 4.80. The lowest BCUT2D eigenvalue weighted by Crippen LogP contribution is -2.49. The molecule has 0 bridgehead atoms. The number of alkyl carbamates (subject to hydrolysis) is 1. The van der Waals surface area contributed by atoms with Gasteiger partial charge in [-0.25, -0.2) is 4.79 Å². The molecule has 0 radical (unpaired) electrons. The highest BCUT2D eigenvalue weighted by Crippen LogP contribution is 2.14. The van der Waals surface area contributed by atoms with Crippen LogP contribution in [0.5, 0.6) is 5.75 Å². The number of hydrogen-bond acceptors (Lipinski definition) is 5. The van der Waals surface area contributed by atoms with Crippen molar-refractivity contribution in [2.24, 2.45) is 0 Å². The highest BCUT2D eigenvalue weighted by molar-refractivity contribution is 5.82. The van der Waals surface area contributed by atoms with Crippen molar-refractivity contribution in [2.45, 2.75) is 58.1 Å². The maximum Gasteiger partial charge on any atom is 0.408 e. The number of amides is 3. The van der Waals surface area contributed by atoms with E-state index in [0.717, 1.165) is 11.3 Å². The maximum absolute atomic E-state index is 12.3. The van der Waals surface area contributed by atoms with Crippen molar-refractivity contribution in [3.8, 4) is 5.75 Å². The Morgan fingerprint density at radius 2 is 1.73 bits per heavy atom. The average molecular weight is 420 g/mol. The molecule has 0 spiro atoms. The fourth-order valence-corrected chi connectivity index (χ4v) is 3.20. The van der Waals surface area contributed by atoms with Crippen LogP contribution in [0.3, 0.4) is 0 Å². The molecule has 8 heteroatoms. The highest BCUT2D eigenvalue weighted by atomic mass is 16.6. The molecule has 0 saturated carbocycles. The molecule has 166 valence electrons. The van der Waals surface area contributed by atoms with Crippen molar-refractivity contribution in [3.05, 3.63) is 29.8 Å². The van der Waals surface area contributed by atoms with Crippen LogP contribution in [-0.2, 0) is 20.7 Å². The van der Waals surface area contributed by atoms with Crippen LogP contribution in [-0.4, -0.2) is 61.2 Å². The minimum Gasteiger partial charge on any atom is -0.497 e. The molecule has 1 saturated heterocycles. The smallest absolute Gasteiger partial charge is 0.408 e. The molecule has 1 aliphatic heterocycles. The molecule has 1 aliphatic rings. The Kier molecular flexibility index (Phi) is 8.50. The van der Waals surface area contributed by atoms with Crippen molar-refractivity contribution >= 4 is 17.9 Å². The summed E-state index contributed by atoms with van der Waals surface area (Å²) in [6.07, 6.45) is 1.89. The van der Waals surface area contributed by atoms with Gasteiger partial charge in [-0.2, -0.15) is 0 Å². The van der Waals surface area contributed by atoms with E-state index in [9.17, 15) is 14.4 Å². The normalized spacial score (nSPS) is 14.7. The molecule has 0 aromatic heterocycles. The van der Waals surface area contributed by atoms with Gasteiger partial charge in [0.05, 0.1) is 7.11 Å². The van der Waals surface area contributed by atoms with Crippen LogP contribution in [0.1, 0.15) is 45.6 Å². The third-order valence-electron chi connectivity index (χ3n) is 4.80. The van der Waals surface area contributed by atoms with Gasteiger partial charge in [-0.05, 0) is 57.7 Å². The molecular weight excluding hydrogens is 386 g/mol. The number of nitrogens with zero attached hydrogens (tertiary/aromatic N) is 1. The number of nitrogens with one attached hydrogen (secondary N) is 2. The van der Waals surface area contributed by atoms with Gasteiger partial charge >= 0.3 is 6.09 Å². The number of carbonyl (C=O) groups is 3. The Hall–Kier alpha value is -2.77. The summed E-state index contributed by atoms with van der Waals surface area (Å²) in [5.74, 6) is 0.665. The molecular formula is C22H33N3O5. The van der Waals surface area contributed by atoms with Crippen molar-refractivity contribution in [3.63, 3.8) is 0 Å². The summed E-state index contributed by atoms with van der Waals surface area (Å²) in [5, 5.41) is 5.54. The van der Waals surface area contributed by atoms with Crippen LogP contribution in [0.2, 0.25) is 0 Å². The zero-order chi connectivity index (χ0) is 22.1. The number of likely N-dealkylation sites (tertiary alicyclic amines) is 1. The number of rotatable bonds is 7. The molecule has 1 fully saturated rings. The van der Waals surface area contributed by atoms with Gasteiger partial charge in [0.15, 0.2) is 0 Å². The molecule has 30 heavy (non-hydrogen) atoms. The van der Waals surface area contributed by atoms with Crippen LogP contribution >= 0.6 is 0 Å². The molecule has 0 unspecified atom stereocenters. The summed E-state index contributed by atoms with van der Waals surface area (Å²) < 4.78 is 10.3. The maximum atomic E-state index is 12.3. The molecule has 0 aliphatic carbocycles. The highest BCUT2D eigenvalue weighted by Gasteiger charge is 2.24. The van der Waals surface area contributed by atoms with E-state index < -0.39 is 11.7 Å². The Morgan fingerprint density at radius 1 is 1.10 bits per heavy atom. The van der Waals surface area contributed by atoms with E-state index in [1.807, 2.05) is 24.3 Å². The van der Waals surface area contributed by atoms with Crippen molar-refractivity contribution in [2.75, 3.05) is 26.7 Å². The molecule has 1 heterocycles. The van der Waals surface area contributed by atoms with Gasteiger partial charge in [0.1, 0.15) is 17.9 Å². The summed E-state index contributed by atoms with van der Waals surface area (Å²) in [4.78, 5) is 37.9. The van der Waals surface area contributed by atoms with Gasteiger partial charge in [-0.15, -0.1) is 0 Å². The standard InChI is InChI=1S/C22H33N3O5/c1-22(2,3)30-21(28)23-15-20(27)25-13-11-17(12-14-25)24-19(26)10-7-16-5-8-18(29-4)9-6-16/h5-6,8-9,17H,7,10-15H2,1-4H3,(H,23,28)(H,24,26). The molecule has 1 aromatic rings. The lowest BCUT2D eigenvalue weighted by atomic mass is 10.0. The molecule has 1 aromatic carbocycles. The summed E-state index contributed by atoms with van der Waals surface area (Å²) in [5.41, 5.74) is 0.487. The Morgan fingerprint density at radius 3 is 2.30 bits per heavy atom. The fourth-order valence-electron chi connectivity index (χ4n) is 3.20. The predicted octanol–water partition coefficient (Wildman–Crippen LogP) is 2.26. The quantitative estimate of drug-likeness (QED) is 0.707. The first-order valence-corrected chi connectivity index (χ1v) is 10.3. The topological polar surface area (TPSA) is 97.0 Å². The number of benzene rings is 1. The van der Waals surface area contributed by atoms with Gasteiger partial charge in [-0.3, -0.25) is 9.59 Å². The average Bonchev–Trinajstić information content (AvgIpc) is 2.70. The summed E-state index contributed by atoms with van der Waals surface area (Å²) >= 11 is 0. The number of piperidine rings is 1. The Bertz CT molecular complexity index is 719. The number of ether oxygens (including phenoxy) is 2. The molecule has 0 atom stereocenters. The van der Waals surface area contributed by atoms with Crippen LogP contribution in [0.15, 0.2) is 24.3 Å². The first-order chi connectivity index (χ1) is 14.2. The summed E-state index contributed by atoms with van der Waals surface area (Å²) in [7, 11) is 1.62. The van der Waals surface area contributed by atoms with Gasteiger partial charge in [0.25, 0.3) is 0 Å². The van der Waals surface area contributed by atoms with E-state index in [2.05, 4.69) is 10.6 Å². The van der Waals surface area contributed by atoms with Crippen LogP contribution in [0.25, 0.3) is 0 Å². The zero-order valence-corrected chi connectivity index (χ0v) is 18.3. The number of hydrogen-bond donors (Lipinski definition) is 2. The van der Waals surface area contributed by atoms with Gasteiger partial charge in [-0.1, -0.05) is 12.1 Å². The Labute approximate surface area is 178 Å². The van der Waals surface area contributed by atoms with E-state index in [1.165, 1.54) is 0 Å². The van der Waals surface area contributed by atoms with E-state index in [0.29, 0.717) is 38.8 Å². The van der Waals surface area contributed by atoms with E-state index in [-0.39, 0.29) is 24.4 Å². The second-order valence-electron chi connectivity index (χ2n) is 8.43. The Balaban J connectivity index is 1.65. The monoisotopic (exact) mass is 419 g/mol. The van der Waals surface area contributed by atoms with Crippen molar-refractivity contribution in [1.29, 1.82) is 0 Å². The predicted molar refractivity (Wildman–Crippen MR) is 113 cm³/mol. The van der Waals surface area contributed by atoms with Crippen molar-refractivity contribution in [1.82, 2.24) is 15.5 Å². The SMILES string of the molecule is COc1ccc(CCC(=O)NC2CCN(C(=O)CNC(=O)OC(C)(C)C)CC2)cc1. The van der Waals surface area contributed by atoms with Crippen LogP contribution < -0.4 is 15.4 Å². The van der Waals surface area contributed by atoms with Crippen LogP contribution in [0, 0.1) is 0 Å². The lowest BCUT2D eigenvalue weighted by molar-refractivity contribution is -0.131. The number of methoxy groups -OCH3 is 1. The third kappa shape index (κ3) is 8.31. The van der Waals surface area contributed by atoms with Gasteiger partial charge < -0.3 is 25.0 Å². The van der Waals surface area contributed by atoms with Gasteiger partial charge in [0, 0.05) is 25.6 Å². The second-order valence-corrected chi connectivity index (χ2v) is 8.43. The minimum atomic E-state index is -0.602. The van der Waals surface area contributed by atoms with E-state index in [1.54, 1.807) is 32.8 Å². The first-order valence-electron chi connectivity index (χ1n) is 10.3. The number of carbonyl (C=O) groups excluding carboxylic acids is 3. The lowest BCUT2D eigenvalue weighted by Gasteiger charge is -2.32. The minimum absolute atomic E-state index is 0.0159. The second kappa shape index (κ2) is 10.8.